The summed E-state index contributed by atoms with van der Waals surface area (Å²) in [7, 11) is 0. The van der Waals surface area contributed by atoms with Gasteiger partial charge in [0.1, 0.15) is 12.7 Å². The average Bonchev–Trinajstić information content (AvgIpc) is 3.15. The number of carbonyl (C=O) groups excluding carboxylic acids is 1. The number of nitrogens with zero attached hydrogens (tertiary/aromatic N) is 3. The van der Waals surface area contributed by atoms with Crippen LogP contribution in [0.15, 0.2) is 61.2 Å². The molecule has 1 fully saturated rings. The van der Waals surface area contributed by atoms with Crippen molar-refractivity contribution in [3.8, 4) is 5.69 Å². The first-order valence-electron chi connectivity index (χ1n) is 8.04. The zero-order chi connectivity index (χ0) is 16.5. The third-order valence-corrected chi connectivity index (χ3v) is 4.46. The lowest BCUT2D eigenvalue weighted by Crippen LogP contribution is -2.26. The Balaban J connectivity index is 1.45. The van der Waals surface area contributed by atoms with Crippen molar-refractivity contribution in [3.05, 3.63) is 77.9 Å². The molecular weight excluding hydrogens is 300 g/mol. The van der Waals surface area contributed by atoms with Gasteiger partial charge in [-0.15, -0.1) is 0 Å². The molecule has 4 rings (SSSR count). The molecule has 1 aliphatic carbocycles. The molecule has 2 aromatic carbocycles. The van der Waals surface area contributed by atoms with Gasteiger partial charge >= 0.3 is 0 Å². The van der Waals surface area contributed by atoms with Gasteiger partial charge in [-0.3, -0.25) is 4.79 Å². The van der Waals surface area contributed by atoms with Crippen molar-refractivity contribution in [2.24, 2.45) is 0 Å². The summed E-state index contributed by atoms with van der Waals surface area (Å²) in [6, 6.07) is 16.2. The lowest BCUT2D eigenvalue weighted by molar-refractivity contribution is 0.0950. The summed E-state index contributed by atoms with van der Waals surface area (Å²) in [5.74, 6) is 0.414. The molecule has 0 unspecified atom stereocenters. The van der Waals surface area contributed by atoms with Gasteiger partial charge in [0.15, 0.2) is 0 Å². The van der Waals surface area contributed by atoms with Gasteiger partial charge < -0.3 is 5.32 Å². The predicted molar refractivity (Wildman–Crippen MR) is 91.2 cm³/mol. The summed E-state index contributed by atoms with van der Waals surface area (Å²) in [6.45, 7) is 1.97. The molecule has 1 amide bonds. The van der Waals surface area contributed by atoms with Gasteiger partial charge in [-0.25, -0.2) is 9.67 Å². The molecule has 1 aliphatic rings. The molecule has 2 atom stereocenters. The fourth-order valence-electron chi connectivity index (χ4n) is 3.06. The molecule has 1 heterocycles. The maximum Gasteiger partial charge on any atom is 0.251 e. The van der Waals surface area contributed by atoms with Crippen molar-refractivity contribution in [2.75, 3.05) is 0 Å². The number of carbonyl (C=O) groups is 1. The maximum atomic E-state index is 12.5. The van der Waals surface area contributed by atoms with Crippen molar-refractivity contribution in [1.29, 1.82) is 0 Å². The van der Waals surface area contributed by atoms with Crippen molar-refractivity contribution in [1.82, 2.24) is 20.1 Å². The van der Waals surface area contributed by atoms with E-state index in [0.717, 1.165) is 17.7 Å². The molecule has 1 N–H and O–H groups in total. The number of rotatable bonds is 4. The quantitative estimate of drug-likeness (QED) is 0.804. The van der Waals surface area contributed by atoms with Crippen LogP contribution in [0.25, 0.3) is 5.69 Å². The summed E-state index contributed by atoms with van der Waals surface area (Å²) in [4.78, 5) is 16.4. The molecule has 0 saturated heterocycles. The molecule has 5 heteroatoms. The van der Waals surface area contributed by atoms with Gasteiger partial charge in [-0.05, 0) is 42.7 Å². The minimum Gasteiger partial charge on any atom is -0.349 e. The molecule has 3 aromatic rings. The van der Waals surface area contributed by atoms with Crippen LogP contribution in [0.3, 0.4) is 0 Å². The number of aryl methyl sites for hydroxylation is 1. The number of benzene rings is 2. The van der Waals surface area contributed by atoms with Crippen LogP contribution in [0.2, 0.25) is 0 Å². The van der Waals surface area contributed by atoms with E-state index in [2.05, 4.69) is 27.5 Å². The molecule has 0 radical (unpaired) electrons. The molecule has 120 valence electrons. The van der Waals surface area contributed by atoms with Crippen molar-refractivity contribution in [3.63, 3.8) is 0 Å². The van der Waals surface area contributed by atoms with E-state index in [1.807, 2.05) is 43.3 Å². The largest absolute Gasteiger partial charge is 0.349 e. The van der Waals surface area contributed by atoms with E-state index in [1.165, 1.54) is 11.9 Å². The molecule has 0 spiro atoms. The molecule has 1 aromatic heterocycles. The summed E-state index contributed by atoms with van der Waals surface area (Å²) < 4.78 is 1.70. The molecule has 5 nitrogen and oxygen atoms in total. The minimum atomic E-state index is -0.0216. The summed E-state index contributed by atoms with van der Waals surface area (Å²) in [5, 5.41) is 7.26. The number of nitrogens with one attached hydrogen (secondary N) is 1. The Bertz CT molecular complexity index is 858. The Morgan fingerprint density at radius 2 is 2.04 bits per heavy atom. The second-order valence-corrected chi connectivity index (χ2v) is 6.17. The smallest absolute Gasteiger partial charge is 0.251 e. The van der Waals surface area contributed by atoms with Crippen LogP contribution >= 0.6 is 0 Å². The highest BCUT2D eigenvalue weighted by molar-refractivity contribution is 5.95. The van der Waals surface area contributed by atoms with E-state index in [0.29, 0.717) is 11.5 Å². The molecule has 0 aliphatic heterocycles. The van der Waals surface area contributed by atoms with E-state index < -0.39 is 0 Å². The first kappa shape index (κ1) is 14.6. The fourth-order valence-corrected chi connectivity index (χ4v) is 3.06. The topological polar surface area (TPSA) is 59.8 Å². The maximum absolute atomic E-state index is 12.5. The lowest BCUT2D eigenvalue weighted by atomic mass is 10.1. The van der Waals surface area contributed by atoms with Crippen molar-refractivity contribution < 1.29 is 4.79 Å². The highest BCUT2D eigenvalue weighted by Crippen LogP contribution is 2.40. The minimum absolute atomic E-state index is 0.0216. The Morgan fingerprint density at radius 3 is 2.75 bits per heavy atom. The van der Waals surface area contributed by atoms with Gasteiger partial charge in [0.2, 0.25) is 0 Å². The van der Waals surface area contributed by atoms with Crippen LogP contribution < -0.4 is 5.32 Å². The van der Waals surface area contributed by atoms with Crippen molar-refractivity contribution in [2.45, 2.75) is 25.3 Å². The monoisotopic (exact) mass is 318 g/mol. The van der Waals surface area contributed by atoms with Crippen LogP contribution in [0.5, 0.6) is 0 Å². The summed E-state index contributed by atoms with van der Waals surface area (Å²) in [5.41, 5.74) is 3.89. The predicted octanol–water partition coefficient (Wildman–Crippen LogP) is 2.86. The fraction of sp³-hybridized carbons (Fsp3) is 0.211. The van der Waals surface area contributed by atoms with E-state index in [9.17, 15) is 4.79 Å². The number of hydrogen-bond acceptors (Lipinski definition) is 3. The Morgan fingerprint density at radius 1 is 1.21 bits per heavy atom. The van der Waals surface area contributed by atoms with Crippen LogP contribution in [0.4, 0.5) is 0 Å². The van der Waals surface area contributed by atoms with Gasteiger partial charge in [0, 0.05) is 17.5 Å². The SMILES string of the molecule is Cc1cc(C(=O)N[C@@H]2C[C@@H]2c2ccccc2)ccc1-n1cncn1. The third kappa shape index (κ3) is 2.80. The first-order chi connectivity index (χ1) is 11.7. The van der Waals surface area contributed by atoms with Gasteiger partial charge in [-0.2, -0.15) is 5.10 Å². The van der Waals surface area contributed by atoms with Gasteiger partial charge in [0.05, 0.1) is 5.69 Å². The van der Waals surface area contributed by atoms with Gasteiger partial charge in [0.25, 0.3) is 5.91 Å². The first-order valence-corrected chi connectivity index (χ1v) is 8.04. The molecule has 24 heavy (non-hydrogen) atoms. The normalized spacial score (nSPS) is 19.0. The zero-order valence-electron chi connectivity index (χ0n) is 13.4. The Labute approximate surface area is 140 Å². The molecule has 0 bridgehead atoms. The number of aromatic nitrogens is 3. The highest BCUT2D eigenvalue weighted by atomic mass is 16.1. The third-order valence-electron chi connectivity index (χ3n) is 4.46. The van der Waals surface area contributed by atoms with Gasteiger partial charge in [-0.1, -0.05) is 30.3 Å². The number of hydrogen-bond donors (Lipinski definition) is 1. The van der Waals surface area contributed by atoms with Crippen LogP contribution in [0, 0.1) is 6.92 Å². The van der Waals surface area contributed by atoms with Crippen LogP contribution in [0.1, 0.15) is 33.8 Å². The lowest BCUT2D eigenvalue weighted by Gasteiger charge is -2.09. The molecule has 1 saturated carbocycles. The Kier molecular flexibility index (Phi) is 3.61. The average molecular weight is 318 g/mol. The highest BCUT2D eigenvalue weighted by Gasteiger charge is 2.39. The summed E-state index contributed by atoms with van der Waals surface area (Å²) in [6.07, 6.45) is 4.15. The second kappa shape index (κ2) is 5.92. The van der Waals surface area contributed by atoms with Crippen molar-refractivity contribution >= 4 is 5.91 Å². The van der Waals surface area contributed by atoms with Crippen LogP contribution in [-0.4, -0.2) is 26.7 Å². The van der Waals surface area contributed by atoms with E-state index in [4.69, 9.17) is 0 Å². The zero-order valence-corrected chi connectivity index (χ0v) is 13.4. The Hall–Kier alpha value is -2.95. The number of amides is 1. The molecular formula is C19H18N4O. The second-order valence-electron chi connectivity index (χ2n) is 6.17. The van der Waals surface area contributed by atoms with E-state index >= 15 is 0 Å². The van der Waals surface area contributed by atoms with Crippen LogP contribution in [-0.2, 0) is 0 Å². The standard InChI is InChI=1S/C19H18N4O/c1-13-9-15(7-8-18(13)23-12-20-11-21-23)19(24)22-17-10-16(17)14-5-3-2-4-6-14/h2-9,11-12,16-17H,10H2,1H3,(H,22,24)/t16-,17-/m1/s1. The van der Waals surface area contributed by atoms with E-state index in [1.54, 1.807) is 11.0 Å². The van der Waals surface area contributed by atoms with E-state index in [-0.39, 0.29) is 11.9 Å². The summed E-state index contributed by atoms with van der Waals surface area (Å²) >= 11 is 0.